The van der Waals surface area contributed by atoms with Crippen LogP contribution < -0.4 is 5.32 Å². The lowest BCUT2D eigenvalue weighted by atomic mass is 9.81. The summed E-state index contributed by atoms with van der Waals surface area (Å²) in [7, 11) is 1.80. The first kappa shape index (κ1) is 14.3. The normalized spacial score (nSPS) is 35.2. The minimum absolute atomic E-state index is 0.246. The molecule has 2 aliphatic carbocycles. The zero-order chi connectivity index (χ0) is 13.0. The zero-order valence-corrected chi connectivity index (χ0v) is 12.2. The molecule has 0 spiro atoms. The summed E-state index contributed by atoms with van der Waals surface area (Å²) in [6, 6.07) is 1.11. The maximum absolute atomic E-state index is 5.67. The van der Waals surface area contributed by atoms with Gasteiger partial charge in [0.15, 0.2) is 0 Å². The lowest BCUT2D eigenvalue weighted by Crippen LogP contribution is -2.62. The molecular weight excluding hydrogens is 226 g/mol. The van der Waals surface area contributed by atoms with Crippen LogP contribution in [0.1, 0.15) is 52.4 Å². The Kier molecular flexibility index (Phi) is 5.46. The summed E-state index contributed by atoms with van der Waals surface area (Å²) in [5.41, 5.74) is 0. The highest BCUT2D eigenvalue weighted by molar-refractivity contribution is 4.98. The molecule has 18 heavy (non-hydrogen) atoms. The third-order valence-electron chi connectivity index (χ3n) is 4.74. The van der Waals surface area contributed by atoms with Crippen LogP contribution in [0, 0.1) is 5.92 Å². The summed E-state index contributed by atoms with van der Waals surface area (Å²) in [6.45, 7) is 5.18. The molecule has 3 unspecified atom stereocenters. The second-order valence-electron chi connectivity index (χ2n) is 5.89. The zero-order valence-electron chi connectivity index (χ0n) is 12.2. The number of hydrogen-bond donors (Lipinski definition) is 1. The molecule has 2 fully saturated rings. The molecular formula is C15H29NO2. The summed E-state index contributed by atoms with van der Waals surface area (Å²) < 4.78 is 11.2. The summed E-state index contributed by atoms with van der Waals surface area (Å²) in [5, 5.41) is 3.77. The highest BCUT2D eigenvalue weighted by Crippen LogP contribution is 2.31. The molecule has 2 rings (SSSR count). The van der Waals surface area contributed by atoms with Crippen LogP contribution >= 0.6 is 0 Å². The molecule has 0 radical (unpaired) electrons. The largest absolute Gasteiger partial charge is 0.377 e. The van der Waals surface area contributed by atoms with Crippen molar-refractivity contribution in [3.63, 3.8) is 0 Å². The topological polar surface area (TPSA) is 30.5 Å². The van der Waals surface area contributed by atoms with Gasteiger partial charge in [-0.15, -0.1) is 0 Å². The molecule has 0 aromatic carbocycles. The van der Waals surface area contributed by atoms with Gasteiger partial charge in [-0.3, -0.25) is 0 Å². The van der Waals surface area contributed by atoms with Crippen LogP contribution in [-0.4, -0.2) is 38.0 Å². The fraction of sp³-hybridized carbons (Fsp3) is 1.00. The Hall–Kier alpha value is -0.120. The van der Waals surface area contributed by atoms with E-state index in [9.17, 15) is 0 Å². The van der Waals surface area contributed by atoms with Crippen molar-refractivity contribution in [1.82, 2.24) is 5.32 Å². The molecule has 0 aromatic rings. The van der Waals surface area contributed by atoms with Crippen LogP contribution in [-0.2, 0) is 9.47 Å². The van der Waals surface area contributed by atoms with Gasteiger partial charge in [-0.2, -0.15) is 0 Å². The predicted molar refractivity (Wildman–Crippen MR) is 73.8 cm³/mol. The maximum atomic E-state index is 5.67. The fourth-order valence-electron chi connectivity index (χ4n) is 3.55. The summed E-state index contributed by atoms with van der Waals surface area (Å²) >= 11 is 0. The van der Waals surface area contributed by atoms with Crippen LogP contribution in [0.5, 0.6) is 0 Å². The molecule has 106 valence electrons. The second kappa shape index (κ2) is 6.88. The van der Waals surface area contributed by atoms with Crippen molar-refractivity contribution in [2.45, 2.75) is 76.7 Å². The first-order valence-electron chi connectivity index (χ1n) is 7.66. The van der Waals surface area contributed by atoms with Gasteiger partial charge < -0.3 is 14.8 Å². The van der Waals surface area contributed by atoms with E-state index in [0.717, 1.165) is 18.9 Å². The quantitative estimate of drug-likeness (QED) is 0.791. The second-order valence-corrected chi connectivity index (χ2v) is 5.89. The van der Waals surface area contributed by atoms with Crippen molar-refractivity contribution in [3.8, 4) is 0 Å². The van der Waals surface area contributed by atoms with Crippen LogP contribution in [0.3, 0.4) is 0 Å². The number of nitrogens with one attached hydrogen (secondary N) is 1. The third kappa shape index (κ3) is 3.25. The van der Waals surface area contributed by atoms with Crippen molar-refractivity contribution in [2.24, 2.45) is 5.92 Å². The van der Waals surface area contributed by atoms with Gasteiger partial charge in [-0.05, 0) is 39.0 Å². The molecule has 4 atom stereocenters. The van der Waals surface area contributed by atoms with E-state index in [1.807, 2.05) is 0 Å². The average molecular weight is 255 g/mol. The molecule has 0 amide bonds. The van der Waals surface area contributed by atoms with Crippen LogP contribution in [0.25, 0.3) is 0 Å². The Morgan fingerprint density at radius 2 is 1.94 bits per heavy atom. The van der Waals surface area contributed by atoms with E-state index >= 15 is 0 Å². The molecule has 3 heteroatoms. The molecule has 3 nitrogen and oxygen atoms in total. The van der Waals surface area contributed by atoms with Gasteiger partial charge in [0.1, 0.15) is 0 Å². The number of methoxy groups -OCH3 is 1. The monoisotopic (exact) mass is 255 g/mol. The van der Waals surface area contributed by atoms with E-state index in [-0.39, 0.29) is 6.10 Å². The molecule has 0 saturated heterocycles. The Bertz CT molecular complexity index is 241. The third-order valence-corrected chi connectivity index (χ3v) is 4.74. The van der Waals surface area contributed by atoms with Crippen molar-refractivity contribution in [2.75, 3.05) is 13.7 Å². The van der Waals surface area contributed by atoms with Gasteiger partial charge in [0.2, 0.25) is 0 Å². The molecule has 0 aliphatic heterocycles. The fourth-order valence-corrected chi connectivity index (χ4v) is 3.55. The average Bonchev–Trinajstić information content (AvgIpc) is 2.38. The summed E-state index contributed by atoms with van der Waals surface area (Å²) in [4.78, 5) is 0. The van der Waals surface area contributed by atoms with Crippen molar-refractivity contribution in [3.05, 3.63) is 0 Å². The number of hydrogen-bond acceptors (Lipinski definition) is 3. The summed E-state index contributed by atoms with van der Waals surface area (Å²) in [6.07, 6.45) is 8.70. The van der Waals surface area contributed by atoms with Crippen LogP contribution in [0.2, 0.25) is 0 Å². The van der Waals surface area contributed by atoms with Crippen molar-refractivity contribution >= 4 is 0 Å². The van der Waals surface area contributed by atoms with Crippen LogP contribution in [0.15, 0.2) is 0 Å². The first-order chi connectivity index (χ1) is 8.76. The standard InChI is InChI=1S/C15H29NO2/c1-4-18-14-10-13(15(14)17-3)16-11(2)12-8-6-5-7-9-12/h11-16H,4-10H2,1-3H3/t11-,13?,14?,15?/m0/s1. The van der Waals surface area contributed by atoms with Crippen LogP contribution in [0.4, 0.5) is 0 Å². The Balaban J connectivity index is 1.75. The lowest BCUT2D eigenvalue weighted by Gasteiger charge is -2.45. The predicted octanol–water partition coefficient (Wildman–Crippen LogP) is 2.74. The van der Waals surface area contributed by atoms with E-state index in [2.05, 4.69) is 19.2 Å². The highest BCUT2D eigenvalue weighted by atomic mass is 16.5. The van der Waals surface area contributed by atoms with Gasteiger partial charge in [0, 0.05) is 25.8 Å². The van der Waals surface area contributed by atoms with Gasteiger partial charge in [-0.25, -0.2) is 0 Å². The highest BCUT2D eigenvalue weighted by Gasteiger charge is 2.43. The van der Waals surface area contributed by atoms with E-state index in [4.69, 9.17) is 9.47 Å². The summed E-state index contributed by atoms with van der Waals surface area (Å²) in [5.74, 6) is 0.863. The van der Waals surface area contributed by atoms with E-state index in [1.54, 1.807) is 7.11 Å². The smallest absolute Gasteiger partial charge is 0.0986 e. The minimum atomic E-state index is 0.246. The number of rotatable bonds is 6. The minimum Gasteiger partial charge on any atom is -0.377 e. The molecule has 2 saturated carbocycles. The Morgan fingerprint density at radius 1 is 1.22 bits per heavy atom. The molecule has 0 heterocycles. The Labute approximate surface area is 112 Å². The Morgan fingerprint density at radius 3 is 2.56 bits per heavy atom. The van der Waals surface area contributed by atoms with E-state index in [1.165, 1.54) is 32.1 Å². The molecule has 0 bridgehead atoms. The SMILES string of the molecule is CCOC1CC(N[C@@H](C)C2CCCCC2)C1OC. The lowest BCUT2D eigenvalue weighted by molar-refractivity contribution is -0.134. The van der Waals surface area contributed by atoms with Gasteiger partial charge in [0.05, 0.1) is 12.2 Å². The van der Waals surface area contributed by atoms with E-state index in [0.29, 0.717) is 18.2 Å². The molecule has 1 N–H and O–H groups in total. The van der Waals surface area contributed by atoms with Gasteiger partial charge in [-0.1, -0.05) is 19.3 Å². The van der Waals surface area contributed by atoms with Crippen molar-refractivity contribution in [1.29, 1.82) is 0 Å². The molecule has 0 aromatic heterocycles. The van der Waals surface area contributed by atoms with Gasteiger partial charge in [0.25, 0.3) is 0 Å². The van der Waals surface area contributed by atoms with Crippen molar-refractivity contribution < 1.29 is 9.47 Å². The first-order valence-corrected chi connectivity index (χ1v) is 7.66. The number of ether oxygens (including phenoxy) is 2. The van der Waals surface area contributed by atoms with E-state index < -0.39 is 0 Å². The molecule has 2 aliphatic rings. The van der Waals surface area contributed by atoms with Gasteiger partial charge >= 0.3 is 0 Å². The maximum Gasteiger partial charge on any atom is 0.0986 e.